The van der Waals surface area contributed by atoms with E-state index in [1.54, 1.807) is 28.9 Å². The van der Waals surface area contributed by atoms with Crippen LogP contribution in [0.3, 0.4) is 0 Å². The molecule has 40 heavy (non-hydrogen) atoms. The smallest absolute Gasteiger partial charge is 0.355 e. The van der Waals surface area contributed by atoms with Gasteiger partial charge in [0.05, 0.1) is 22.2 Å². The number of para-hydroxylation sites is 1. The van der Waals surface area contributed by atoms with E-state index < -0.39 is 34.3 Å². The van der Waals surface area contributed by atoms with Gasteiger partial charge in [0.25, 0.3) is 0 Å². The first-order valence-electron chi connectivity index (χ1n) is 12.5. The van der Waals surface area contributed by atoms with Crippen LogP contribution in [0, 0.1) is 29.9 Å². The molecule has 1 N–H and O–H groups in total. The summed E-state index contributed by atoms with van der Waals surface area (Å²) in [5.74, 6) is -2.47. The van der Waals surface area contributed by atoms with Gasteiger partial charge in [-0.3, -0.25) is 4.79 Å². The average molecular weight is 543 g/mol. The molecular weight excluding hydrogens is 518 g/mol. The number of aromatic nitrogens is 3. The monoisotopic (exact) mass is 542 g/mol. The molecule has 1 aliphatic rings. The largest absolute Gasteiger partial charge is 0.507 e. The summed E-state index contributed by atoms with van der Waals surface area (Å²) < 4.78 is 31.6. The van der Waals surface area contributed by atoms with E-state index in [1.165, 1.54) is 24.3 Å². The molecule has 202 valence electrons. The number of nitriles is 1. The number of carbonyl (C=O) groups is 1. The number of benzene rings is 2. The van der Waals surface area contributed by atoms with E-state index in [4.69, 9.17) is 0 Å². The summed E-state index contributed by atoms with van der Waals surface area (Å²) >= 11 is 0. The molecule has 3 heterocycles. The summed E-state index contributed by atoms with van der Waals surface area (Å²) in [5, 5.41) is 20.3. The van der Waals surface area contributed by atoms with Crippen LogP contribution in [0.1, 0.15) is 18.1 Å². The molecule has 0 unspecified atom stereocenters. The number of carbonyl (C=O) groups excluding carboxylic acids is 1. The molecule has 1 atom stereocenters. The molecule has 1 amide bonds. The van der Waals surface area contributed by atoms with Gasteiger partial charge in [-0.2, -0.15) is 10.2 Å². The standard InChI is InChI=1S/C29H24F2N6O3/c1-4-23(39)35-11-12-36(17(3)15-35)27-19-13-21(31)25(24-20(30)9-6-10-22(24)38)33-28(19)37(29(40)34-27)26-16(2)7-5-8-18(26)14-32/h4-10,13,17,38H,1,11-12,15H2,2-3H3/t17-/m0/s1. The Balaban J connectivity index is 1.83. The van der Waals surface area contributed by atoms with E-state index in [-0.39, 0.29) is 46.6 Å². The molecule has 1 aliphatic heterocycles. The molecule has 2 aromatic heterocycles. The zero-order valence-corrected chi connectivity index (χ0v) is 21.7. The Morgan fingerprint density at radius 3 is 2.60 bits per heavy atom. The highest BCUT2D eigenvalue weighted by atomic mass is 19.1. The van der Waals surface area contributed by atoms with Crippen LogP contribution in [-0.4, -0.2) is 56.1 Å². The highest BCUT2D eigenvalue weighted by Gasteiger charge is 2.30. The van der Waals surface area contributed by atoms with Gasteiger partial charge in [0.15, 0.2) is 11.5 Å². The molecule has 1 fully saturated rings. The first-order valence-corrected chi connectivity index (χ1v) is 12.5. The predicted octanol–water partition coefficient (Wildman–Crippen LogP) is 3.83. The number of anilines is 1. The van der Waals surface area contributed by atoms with Gasteiger partial charge in [-0.15, -0.1) is 0 Å². The van der Waals surface area contributed by atoms with Crippen molar-refractivity contribution in [2.75, 3.05) is 24.5 Å². The van der Waals surface area contributed by atoms with Crippen molar-refractivity contribution in [2.45, 2.75) is 19.9 Å². The van der Waals surface area contributed by atoms with E-state index in [1.807, 2.05) is 6.92 Å². The van der Waals surface area contributed by atoms with Crippen molar-refractivity contribution in [3.8, 4) is 28.8 Å². The van der Waals surface area contributed by atoms with E-state index in [9.17, 15) is 24.3 Å². The van der Waals surface area contributed by atoms with E-state index in [0.717, 1.165) is 16.7 Å². The molecule has 4 aromatic rings. The van der Waals surface area contributed by atoms with Gasteiger partial charge in [0.1, 0.15) is 29.1 Å². The first-order chi connectivity index (χ1) is 19.2. The highest BCUT2D eigenvalue weighted by Crippen LogP contribution is 2.36. The Morgan fingerprint density at radius 2 is 1.93 bits per heavy atom. The molecule has 0 bridgehead atoms. The highest BCUT2D eigenvalue weighted by molar-refractivity contribution is 5.91. The summed E-state index contributed by atoms with van der Waals surface area (Å²) in [6.07, 6.45) is 1.23. The third-order valence-corrected chi connectivity index (χ3v) is 7.00. The second-order valence-electron chi connectivity index (χ2n) is 9.49. The zero-order chi connectivity index (χ0) is 28.7. The molecule has 11 heteroatoms. The topological polar surface area (TPSA) is 115 Å². The van der Waals surface area contributed by atoms with E-state index in [2.05, 4.69) is 22.6 Å². The fourth-order valence-electron chi connectivity index (χ4n) is 5.10. The lowest BCUT2D eigenvalue weighted by atomic mass is 10.1. The van der Waals surface area contributed by atoms with Gasteiger partial charge in [-0.05, 0) is 49.8 Å². The Kier molecular flexibility index (Phi) is 6.77. The van der Waals surface area contributed by atoms with Gasteiger partial charge in [-0.1, -0.05) is 24.8 Å². The summed E-state index contributed by atoms with van der Waals surface area (Å²) in [6, 6.07) is 11.3. The number of piperazine rings is 1. The molecule has 1 saturated heterocycles. The minimum atomic E-state index is -0.945. The maximum Gasteiger partial charge on any atom is 0.355 e. The second-order valence-corrected chi connectivity index (χ2v) is 9.49. The van der Waals surface area contributed by atoms with Crippen LogP contribution in [-0.2, 0) is 4.79 Å². The lowest BCUT2D eigenvalue weighted by molar-refractivity contribution is -0.126. The van der Waals surface area contributed by atoms with Crippen LogP contribution < -0.4 is 10.6 Å². The Labute approximate surface area is 227 Å². The molecular formula is C29H24F2N6O3. The first kappa shape index (κ1) is 26.5. The number of hydrogen-bond acceptors (Lipinski definition) is 7. The predicted molar refractivity (Wildman–Crippen MR) is 145 cm³/mol. The number of rotatable bonds is 4. The Hall–Kier alpha value is -5.11. The van der Waals surface area contributed by atoms with Crippen molar-refractivity contribution in [3.05, 3.63) is 88.4 Å². The third-order valence-electron chi connectivity index (χ3n) is 7.00. The Bertz CT molecular complexity index is 1780. The van der Waals surface area contributed by atoms with Crippen LogP contribution in [0.25, 0.3) is 28.0 Å². The van der Waals surface area contributed by atoms with Crippen LogP contribution in [0.15, 0.2) is 59.9 Å². The van der Waals surface area contributed by atoms with Crippen LogP contribution in [0.4, 0.5) is 14.6 Å². The number of pyridine rings is 1. The summed E-state index contributed by atoms with van der Waals surface area (Å²) in [6.45, 7) is 7.98. The number of phenolic OH excluding ortho intramolecular Hbond substituents is 1. The molecule has 2 aromatic carbocycles. The number of aryl methyl sites for hydroxylation is 1. The van der Waals surface area contributed by atoms with E-state index >= 15 is 4.39 Å². The second kappa shape index (κ2) is 10.2. The third kappa shape index (κ3) is 4.33. The van der Waals surface area contributed by atoms with Crippen molar-refractivity contribution >= 4 is 22.8 Å². The number of amides is 1. The fraction of sp³-hybridized carbons (Fsp3) is 0.207. The maximum atomic E-state index is 15.7. The van der Waals surface area contributed by atoms with Gasteiger partial charge in [-0.25, -0.2) is 23.1 Å². The number of halogens is 2. The van der Waals surface area contributed by atoms with Gasteiger partial charge in [0, 0.05) is 25.7 Å². The number of phenols is 1. The van der Waals surface area contributed by atoms with Crippen molar-refractivity contribution in [3.63, 3.8) is 0 Å². The number of hydrogen-bond donors (Lipinski definition) is 1. The van der Waals surface area contributed by atoms with Crippen molar-refractivity contribution in [2.24, 2.45) is 0 Å². The molecule has 0 radical (unpaired) electrons. The average Bonchev–Trinajstić information content (AvgIpc) is 2.93. The SMILES string of the molecule is C=CC(=O)N1CCN(c2nc(=O)n(-c3c(C)cccc3C#N)c3nc(-c4c(O)cccc4F)c(F)cc23)[C@@H](C)C1. The quantitative estimate of drug-likeness (QED) is 0.390. The lowest BCUT2D eigenvalue weighted by Gasteiger charge is -2.40. The summed E-state index contributed by atoms with van der Waals surface area (Å²) in [5.41, 5.74) is -0.905. The number of fused-ring (bicyclic) bond motifs is 1. The summed E-state index contributed by atoms with van der Waals surface area (Å²) in [7, 11) is 0. The minimum Gasteiger partial charge on any atom is -0.507 e. The Morgan fingerprint density at radius 1 is 1.18 bits per heavy atom. The summed E-state index contributed by atoms with van der Waals surface area (Å²) in [4.78, 5) is 38.0. The molecule has 0 saturated carbocycles. The van der Waals surface area contributed by atoms with E-state index in [0.29, 0.717) is 18.7 Å². The number of aromatic hydroxyl groups is 1. The molecule has 0 aliphatic carbocycles. The van der Waals surface area contributed by atoms with Crippen LogP contribution in [0.5, 0.6) is 5.75 Å². The fourth-order valence-corrected chi connectivity index (χ4v) is 5.10. The van der Waals surface area contributed by atoms with Crippen molar-refractivity contribution in [1.82, 2.24) is 19.4 Å². The lowest BCUT2D eigenvalue weighted by Crippen LogP contribution is -2.54. The normalized spacial score (nSPS) is 15.2. The van der Waals surface area contributed by atoms with Crippen LogP contribution in [0.2, 0.25) is 0 Å². The number of nitrogens with zero attached hydrogens (tertiary/aromatic N) is 6. The van der Waals surface area contributed by atoms with Gasteiger partial charge in [0.2, 0.25) is 5.91 Å². The minimum absolute atomic E-state index is 0.0725. The zero-order valence-electron chi connectivity index (χ0n) is 21.7. The maximum absolute atomic E-state index is 15.7. The van der Waals surface area contributed by atoms with Crippen molar-refractivity contribution < 1.29 is 18.7 Å². The molecule has 9 nitrogen and oxygen atoms in total. The van der Waals surface area contributed by atoms with Gasteiger partial charge < -0.3 is 14.9 Å². The molecule has 0 spiro atoms. The van der Waals surface area contributed by atoms with Crippen LogP contribution >= 0.6 is 0 Å². The molecule has 5 rings (SSSR count). The van der Waals surface area contributed by atoms with Crippen molar-refractivity contribution in [1.29, 1.82) is 5.26 Å². The van der Waals surface area contributed by atoms with Gasteiger partial charge >= 0.3 is 5.69 Å².